The number of rotatable bonds is 8. The van der Waals surface area contributed by atoms with Crippen LogP contribution in [0, 0.1) is 20.8 Å². The van der Waals surface area contributed by atoms with Crippen LogP contribution < -0.4 is 4.74 Å². The maximum atomic E-state index is 13.1. The molecule has 0 N–H and O–H groups in total. The monoisotopic (exact) mass is 481 g/mol. The summed E-state index contributed by atoms with van der Waals surface area (Å²) in [5, 5.41) is 13.3. The van der Waals surface area contributed by atoms with Gasteiger partial charge in [-0.05, 0) is 66.6 Å². The highest BCUT2D eigenvalue weighted by Gasteiger charge is 2.19. The second kappa shape index (κ2) is 9.80. The van der Waals surface area contributed by atoms with Crippen LogP contribution in [0.15, 0.2) is 53.7 Å². The molecule has 0 saturated heterocycles. The minimum absolute atomic E-state index is 0.0178. The summed E-state index contributed by atoms with van der Waals surface area (Å²) in [5.74, 6) is 0.888. The normalized spacial score (nSPS) is 11.1. The third-order valence-corrected chi connectivity index (χ3v) is 6.78. The molecule has 0 fully saturated rings. The van der Waals surface area contributed by atoms with Crippen LogP contribution in [0.4, 0.5) is 0 Å². The van der Waals surface area contributed by atoms with Gasteiger partial charge in [0.15, 0.2) is 5.78 Å². The molecular formula is C24H24ClN5O2S. The van der Waals surface area contributed by atoms with E-state index in [9.17, 15) is 4.79 Å². The quantitative estimate of drug-likeness (QED) is 0.258. The largest absolute Gasteiger partial charge is 0.494 e. The summed E-state index contributed by atoms with van der Waals surface area (Å²) in [6.45, 7) is 6.56. The third-order valence-electron chi connectivity index (χ3n) is 5.50. The number of aromatic nitrogens is 5. The average molecular weight is 482 g/mol. The van der Waals surface area contributed by atoms with Crippen molar-refractivity contribution < 1.29 is 9.53 Å². The Bertz CT molecular complexity index is 1310. The topological polar surface area (TPSA) is 74.8 Å². The van der Waals surface area contributed by atoms with Crippen LogP contribution in [0.5, 0.6) is 5.75 Å². The van der Waals surface area contributed by atoms with Gasteiger partial charge < -0.3 is 9.30 Å². The highest BCUT2D eigenvalue weighted by molar-refractivity contribution is 7.99. The number of hydrogen-bond acceptors (Lipinski definition) is 6. The van der Waals surface area contributed by atoms with E-state index >= 15 is 0 Å². The Balaban J connectivity index is 1.53. The van der Waals surface area contributed by atoms with Crippen LogP contribution in [0.1, 0.15) is 32.9 Å². The first-order valence-electron chi connectivity index (χ1n) is 10.4. The lowest BCUT2D eigenvalue weighted by Gasteiger charge is -2.11. The van der Waals surface area contributed by atoms with E-state index in [-0.39, 0.29) is 11.5 Å². The molecule has 4 rings (SSSR count). The predicted octanol–water partition coefficient (Wildman–Crippen LogP) is 5.07. The molecule has 0 unspecified atom stereocenters. The summed E-state index contributed by atoms with van der Waals surface area (Å²) in [5.41, 5.74) is 5.42. The van der Waals surface area contributed by atoms with Crippen molar-refractivity contribution in [1.29, 1.82) is 0 Å². The first kappa shape index (κ1) is 23.1. The zero-order chi connectivity index (χ0) is 23.5. The minimum Gasteiger partial charge on any atom is -0.494 e. The second-order valence-corrected chi connectivity index (χ2v) is 9.07. The highest BCUT2D eigenvalue weighted by Crippen LogP contribution is 2.28. The fourth-order valence-corrected chi connectivity index (χ4v) is 4.68. The summed E-state index contributed by atoms with van der Waals surface area (Å²) >= 11 is 7.64. The number of ketones is 1. The van der Waals surface area contributed by atoms with Crippen LogP contribution in [-0.2, 0) is 6.54 Å². The maximum Gasteiger partial charge on any atom is 0.214 e. The van der Waals surface area contributed by atoms with Crippen molar-refractivity contribution in [2.75, 3.05) is 12.9 Å². The fraction of sp³-hybridized carbons (Fsp3) is 0.250. The zero-order valence-electron chi connectivity index (χ0n) is 18.9. The maximum absolute atomic E-state index is 13.1. The van der Waals surface area contributed by atoms with Gasteiger partial charge in [-0.1, -0.05) is 47.6 Å². The van der Waals surface area contributed by atoms with E-state index in [0.717, 1.165) is 28.2 Å². The molecular weight excluding hydrogens is 458 g/mol. The first-order chi connectivity index (χ1) is 15.9. The van der Waals surface area contributed by atoms with Crippen LogP contribution in [0.3, 0.4) is 0 Å². The van der Waals surface area contributed by atoms with Gasteiger partial charge in [-0.25, -0.2) is 0 Å². The van der Waals surface area contributed by atoms with Crippen molar-refractivity contribution >= 4 is 29.1 Å². The van der Waals surface area contributed by atoms with Crippen LogP contribution in [0.25, 0.3) is 5.69 Å². The third kappa shape index (κ3) is 4.82. The smallest absolute Gasteiger partial charge is 0.214 e. The Morgan fingerprint density at radius 1 is 1.12 bits per heavy atom. The van der Waals surface area contributed by atoms with Gasteiger partial charge in [0.2, 0.25) is 5.16 Å². The molecule has 0 spiro atoms. The Morgan fingerprint density at radius 2 is 1.91 bits per heavy atom. The average Bonchev–Trinajstić information content (AvgIpc) is 3.38. The lowest BCUT2D eigenvalue weighted by Crippen LogP contribution is -2.09. The molecule has 0 bridgehead atoms. The number of carbonyl (C=O) groups excluding carboxylic acids is 1. The second-order valence-electron chi connectivity index (χ2n) is 7.72. The molecule has 9 heteroatoms. The summed E-state index contributed by atoms with van der Waals surface area (Å²) in [6, 6.07) is 15.5. The van der Waals surface area contributed by atoms with E-state index in [1.165, 1.54) is 11.8 Å². The first-order valence-corrected chi connectivity index (χ1v) is 11.7. The molecule has 4 aromatic rings. The van der Waals surface area contributed by atoms with Crippen molar-refractivity contribution in [1.82, 2.24) is 24.8 Å². The number of carbonyl (C=O) groups is 1. The van der Waals surface area contributed by atoms with E-state index in [2.05, 4.69) is 20.1 Å². The van der Waals surface area contributed by atoms with E-state index in [4.69, 9.17) is 16.3 Å². The summed E-state index contributed by atoms with van der Waals surface area (Å²) < 4.78 is 9.17. The van der Waals surface area contributed by atoms with Crippen molar-refractivity contribution in [3.8, 4) is 11.4 Å². The van der Waals surface area contributed by atoms with E-state index in [1.54, 1.807) is 11.8 Å². The molecule has 0 aliphatic heterocycles. The van der Waals surface area contributed by atoms with Gasteiger partial charge in [-0.2, -0.15) is 4.68 Å². The Morgan fingerprint density at radius 3 is 2.67 bits per heavy atom. The number of thioether (sulfide) groups is 1. The number of aryl methyl sites for hydroxylation is 2. The molecule has 0 aliphatic rings. The van der Waals surface area contributed by atoms with Crippen LogP contribution in [-0.4, -0.2) is 43.4 Å². The Hall–Kier alpha value is -3.10. The number of tetrazole rings is 1. The van der Waals surface area contributed by atoms with Gasteiger partial charge in [0.25, 0.3) is 0 Å². The SMILES string of the molecule is COc1ccc(C)cc1-n1nnnc1SCC(=O)c1cc(C)n(Cc2ccccc2Cl)c1C. The Kier molecular flexibility index (Phi) is 6.85. The molecule has 7 nitrogen and oxygen atoms in total. The number of ether oxygens (including phenoxy) is 1. The van der Waals surface area contributed by atoms with E-state index in [0.29, 0.717) is 28.0 Å². The number of benzene rings is 2. The van der Waals surface area contributed by atoms with E-state index < -0.39 is 0 Å². The minimum atomic E-state index is 0.0178. The number of Topliss-reactive ketones (excluding diaryl/α,β-unsaturated/α-hetero) is 1. The molecule has 0 radical (unpaired) electrons. The van der Waals surface area contributed by atoms with E-state index in [1.807, 2.05) is 69.3 Å². The predicted molar refractivity (Wildman–Crippen MR) is 130 cm³/mol. The molecule has 170 valence electrons. The Labute approximate surface area is 201 Å². The van der Waals surface area contributed by atoms with Crippen molar-refractivity contribution in [3.05, 3.63) is 81.6 Å². The summed E-state index contributed by atoms with van der Waals surface area (Å²) in [7, 11) is 1.60. The number of hydrogen-bond donors (Lipinski definition) is 0. The van der Waals surface area contributed by atoms with Gasteiger partial charge in [-0.3, -0.25) is 4.79 Å². The fourth-order valence-electron chi connectivity index (χ4n) is 3.72. The molecule has 2 aromatic heterocycles. The molecule has 33 heavy (non-hydrogen) atoms. The van der Waals surface area contributed by atoms with Gasteiger partial charge in [0, 0.05) is 28.5 Å². The zero-order valence-corrected chi connectivity index (χ0v) is 20.4. The summed E-state index contributed by atoms with van der Waals surface area (Å²) in [4.78, 5) is 13.1. The van der Waals surface area contributed by atoms with Crippen molar-refractivity contribution in [2.24, 2.45) is 0 Å². The molecule has 0 atom stereocenters. The van der Waals surface area contributed by atoms with Gasteiger partial charge >= 0.3 is 0 Å². The number of nitrogens with zero attached hydrogens (tertiary/aromatic N) is 5. The van der Waals surface area contributed by atoms with Gasteiger partial charge in [0.05, 0.1) is 12.9 Å². The molecule has 2 heterocycles. The highest BCUT2D eigenvalue weighted by atomic mass is 35.5. The molecule has 0 aliphatic carbocycles. The van der Waals surface area contributed by atoms with Crippen LogP contribution in [0.2, 0.25) is 5.02 Å². The molecule has 0 saturated carbocycles. The lowest BCUT2D eigenvalue weighted by atomic mass is 10.2. The number of methoxy groups -OCH3 is 1. The van der Waals surface area contributed by atoms with Crippen molar-refractivity contribution in [2.45, 2.75) is 32.5 Å². The van der Waals surface area contributed by atoms with Gasteiger partial charge in [0.1, 0.15) is 11.4 Å². The van der Waals surface area contributed by atoms with Crippen LogP contribution >= 0.6 is 23.4 Å². The molecule has 0 amide bonds. The van der Waals surface area contributed by atoms with Crippen molar-refractivity contribution in [3.63, 3.8) is 0 Å². The van der Waals surface area contributed by atoms with Gasteiger partial charge in [-0.15, -0.1) is 5.10 Å². The standard InChI is InChI=1S/C24H24ClN5O2S/c1-15-9-10-23(32-4)21(11-15)30-24(26-27-28-30)33-14-22(31)19-12-16(2)29(17(19)3)13-18-7-5-6-8-20(18)25/h5-12H,13-14H2,1-4H3. The number of halogens is 1. The summed E-state index contributed by atoms with van der Waals surface area (Å²) in [6.07, 6.45) is 0. The molecule has 2 aromatic carbocycles. The lowest BCUT2D eigenvalue weighted by molar-refractivity contribution is 0.102.